The van der Waals surface area contributed by atoms with Crippen LogP contribution in [-0.2, 0) is 0 Å². The molecule has 0 aliphatic carbocycles. The number of hydrogen-bond donors (Lipinski definition) is 1. The van der Waals surface area contributed by atoms with Crippen molar-refractivity contribution in [3.8, 4) is 0 Å². The van der Waals surface area contributed by atoms with Gasteiger partial charge in [0.15, 0.2) is 11.0 Å². The lowest BCUT2D eigenvalue weighted by Gasteiger charge is -2.48. The lowest BCUT2D eigenvalue weighted by atomic mass is 9.73. The first kappa shape index (κ1) is 14.4. The van der Waals surface area contributed by atoms with Gasteiger partial charge in [0.2, 0.25) is 0 Å². The number of aromatic nitrogens is 2. The Morgan fingerprint density at radius 3 is 2.67 bits per heavy atom. The number of hydrogen-bond acceptors (Lipinski definition) is 4. The van der Waals surface area contributed by atoms with E-state index in [4.69, 9.17) is 11.6 Å². The van der Waals surface area contributed by atoms with Crippen LogP contribution in [0, 0.1) is 5.41 Å². The van der Waals surface area contributed by atoms with E-state index in [0.29, 0.717) is 18.2 Å². The Morgan fingerprint density at radius 2 is 2.14 bits per heavy atom. The predicted octanol–water partition coefficient (Wildman–Crippen LogP) is 2.49. The number of amides is 1. The van der Waals surface area contributed by atoms with Gasteiger partial charge in [-0.25, -0.2) is 4.79 Å². The summed E-state index contributed by atoms with van der Waals surface area (Å²) in [5.74, 6) is 0.764. The van der Waals surface area contributed by atoms with E-state index in [9.17, 15) is 9.90 Å². The first-order chi connectivity index (χ1) is 9.74. The highest BCUT2D eigenvalue weighted by molar-refractivity contribution is 6.29. The number of likely N-dealkylation sites (tertiary alicyclic amines) is 1. The second-order valence-corrected chi connectivity index (χ2v) is 7.26. The summed E-state index contributed by atoms with van der Waals surface area (Å²) in [5, 5.41) is 17.9. The van der Waals surface area contributed by atoms with Gasteiger partial charge >= 0.3 is 6.09 Å². The summed E-state index contributed by atoms with van der Waals surface area (Å²) in [7, 11) is 0. The van der Waals surface area contributed by atoms with Crippen LogP contribution in [0.2, 0.25) is 5.15 Å². The normalized spacial score (nSPS) is 28.3. The third kappa shape index (κ3) is 2.04. The maximum atomic E-state index is 11.6. The van der Waals surface area contributed by atoms with Gasteiger partial charge in [-0.05, 0) is 24.0 Å². The first-order valence-corrected chi connectivity index (χ1v) is 7.39. The average molecular weight is 311 g/mol. The number of nitrogens with zero attached hydrogens (tertiary/aromatic N) is 4. The Hall–Kier alpha value is -1.56. The molecule has 6 nitrogen and oxygen atoms in total. The fourth-order valence-corrected chi connectivity index (χ4v) is 3.76. The number of halogens is 1. The fourth-order valence-electron chi connectivity index (χ4n) is 3.66. The summed E-state index contributed by atoms with van der Waals surface area (Å²) < 4.78 is 0. The van der Waals surface area contributed by atoms with Gasteiger partial charge in [-0.2, -0.15) is 0 Å². The Balaban J connectivity index is 1.95. The summed E-state index contributed by atoms with van der Waals surface area (Å²) in [6.45, 7) is 7.45. The van der Waals surface area contributed by atoms with Crippen LogP contribution in [0.5, 0.6) is 0 Å². The van der Waals surface area contributed by atoms with Crippen molar-refractivity contribution < 1.29 is 9.90 Å². The predicted molar refractivity (Wildman–Crippen MR) is 79.7 cm³/mol. The molecule has 3 rings (SSSR count). The third-order valence-corrected chi connectivity index (χ3v) is 5.10. The summed E-state index contributed by atoms with van der Waals surface area (Å²) in [6.07, 6.45) is -0.0121. The van der Waals surface area contributed by atoms with E-state index < -0.39 is 6.09 Å². The molecule has 0 saturated carbocycles. The van der Waals surface area contributed by atoms with Gasteiger partial charge in [0.05, 0.1) is 11.6 Å². The molecule has 3 heterocycles. The van der Waals surface area contributed by atoms with Crippen molar-refractivity contribution in [2.75, 3.05) is 18.0 Å². The molecule has 2 atom stereocenters. The van der Waals surface area contributed by atoms with E-state index in [0.717, 1.165) is 12.2 Å². The van der Waals surface area contributed by atoms with Crippen molar-refractivity contribution in [3.63, 3.8) is 0 Å². The van der Waals surface area contributed by atoms with Gasteiger partial charge in [0.1, 0.15) is 0 Å². The van der Waals surface area contributed by atoms with E-state index >= 15 is 0 Å². The van der Waals surface area contributed by atoms with E-state index in [1.807, 2.05) is 6.07 Å². The number of rotatable bonds is 1. The lowest BCUT2D eigenvalue weighted by Crippen LogP contribution is -2.61. The molecule has 2 bridgehead atoms. The largest absolute Gasteiger partial charge is 0.465 e. The van der Waals surface area contributed by atoms with Crippen molar-refractivity contribution >= 4 is 23.5 Å². The minimum Gasteiger partial charge on any atom is -0.465 e. The standard InChI is InChI=1S/C14H19ClN4O2/c1-13(2,3)14-6-9(7-19(14)12(20)21)18(8-14)11-5-4-10(15)16-17-11/h4-5,9H,6-8H2,1-3H3,(H,20,21)/t9-,14+/m1/s1. The van der Waals surface area contributed by atoms with Gasteiger partial charge in [-0.3, -0.25) is 4.90 Å². The molecule has 1 amide bonds. The van der Waals surface area contributed by atoms with Crippen molar-refractivity contribution in [1.82, 2.24) is 15.1 Å². The minimum atomic E-state index is -0.839. The summed E-state index contributed by atoms with van der Waals surface area (Å²) in [6, 6.07) is 3.71. The highest BCUT2D eigenvalue weighted by Crippen LogP contribution is 2.51. The zero-order valence-corrected chi connectivity index (χ0v) is 13.1. The summed E-state index contributed by atoms with van der Waals surface area (Å²) in [4.78, 5) is 15.4. The molecule has 1 N–H and O–H groups in total. The highest BCUT2D eigenvalue weighted by Gasteiger charge is 2.62. The van der Waals surface area contributed by atoms with Crippen molar-refractivity contribution in [1.29, 1.82) is 0 Å². The second kappa shape index (κ2) is 4.47. The number of fused-ring (bicyclic) bond motifs is 2. The van der Waals surface area contributed by atoms with Crippen LogP contribution >= 0.6 is 11.6 Å². The zero-order valence-electron chi connectivity index (χ0n) is 12.4. The molecule has 1 aromatic heterocycles. The van der Waals surface area contributed by atoms with Crippen LogP contribution in [-0.4, -0.2) is 51.0 Å². The number of carbonyl (C=O) groups is 1. The quantitative estimate of drug-likeness (QED) is 0.863. The lowest BCUT2D eigenvalue weighted by molar-refractivity contribution is 0.0362. The van der Waals surface area contributed by atoms with Gasteiger partial charge in [-0.1, -0.05) is 32.4 Å². The zero-order chi connectivity index (χ0) is 15.4. The van der Waals surface area contributed by atoms with Crippen LogP contribution in [0.3, 0.4) is 0 Å². The van der Waals surface area contributed by atoms with Gasteiger partial charge in [-0.15, -0.1) is 10.2 Å². The van der Waals surface area contributed by atoms with Crippen LogP contribution in [0.4, 0.5) is 10.6 Å². The molecule has 0 radical (unpaired) electrons. The molecule has 114 valence electrons. The molecule has 2 aliphatic heterocycles. The Labute approximate surface area is 128 Å². The molecular weight excluding hydrogens is 292 g/mol. The molecule has 2 fully saturated rings. The third-order valence-electron chi connectivity index (χ3n) is 4.90. The number of carboxylic acid groups (broad SMARTS) is 1. The molecule has 21 heavy (non-hydrogen) atoms. The minimum absolute atomic E-state index is 0.144. The van der Waals surface area contributed by atoms with E-state index in [1.165, 1.54) is 0 Å². The Morgan fingerprint density at radius 1 is 1.43 bits per heavy atom. The highest BCUT2D eigenvalue weighted by atomic mass is 35.5. The second-order valence-electron chi connectivity index (χ2n) is 6.87. The van der Waals surface area contributed by atoms with Crippen molar-refractivity contribution in [2.24, 2.45) is 5.41 Å². The SMILES string of the molecule is CC(C)(C)[C@@]12C[C@H](CN1C(=O)O)N(c1ccc(Cl)nn1)C2. The Bertz CT molecular complexity index is 571. The number of piperazine rings is 1. The van der Waals surface area contributed by atoms with Crippen molar-refractivity contribution in [3.05, 3.63) is 17.3 Å². The first-order valence-electron chi connectivity index (χ1n) is 7.01. The molecule has 2 aliphatic rings. The summed E-state index contributed by atoms with van der Waals surface area (Å²) in [5.41, 5.74) is -0.528. The van der Waals surface area contributed by atoms with Gasteiger partial charge in [0.25, 0.3) is 0 Å². The van der Waals surface area contributed by atoms with Gasteiger partial charge in [0, 0.05) is 13.1 Å². The Kier molecular flexibility index (Phi) is 3.06. The average Bonchev–Trinajstić information content (AvgIpc) is 2.95. The molecule has 1 aromatic rings. The van der Waals surface area contributed by atoms with E-state index in [2.05, 4.69) is 35.9 Å². The van der Waals surface area contributed by atoms with Crippen LogP contribution in [0.25, 0.3) is 0 Å². The fraction of sp³-hybridized carbons (Fsp3) is 0.643. The molecule has 0 unspecified atom stereocenters. The molecule has 2 saturated heterocycles. The van der Waals surface area contributed by atoms with E-state index in [-0.39, 0.29) is 17.0 Å². The smallest absolute Gasteiger partial charge is 0.407 e. The maximum Gasteiger partial charge on any atom is 0.407 e. The molecule has 7 heteroatoms. The molecular formula is C14H19ClN4O2. The number of anilines is 1. The molecule has 0 aromatic carbocycles. The van der Waals surface area contributed by atoms with Crippen molar-refractivity contribution in [2.45, 2.75) is 38.8 Å². The van der Waals surface area contributed by atoms with Crippen LogP contribution < -0.4 is 4.90 Å². The molecule has 0 spiro atoms. The van der Waals surface area contributed by atoms with Crippen LogP contribution in [0.1, 0.15) is 27.2 Å². The topological polar surface area (TPSA) is 69.6 Å². The van der Waals surface area contributed by atoms with Crippen LogP contribution in [0.15, 0.2) is 12.1 Å². The maximum absolute atomic E-state index is 11.6. The monoisotopic (exact) mass is 310 g/mol. The van der Waals surface area contributed by atoms with Gasteiger partial charge < -0.3 is 10.0 Å². The summed E-state index contributed by atoms with van der Waals surface area (Å²) >= 11 is 5.78. The van der Waals surface area contributed by atoms with E-state index in [1.54, 1.807) is 11.0 Å².